The van der Waals surface area contributed by atoms with Gasteiger partial charge < -0.3 is 15.6 Å². The Hall–Kier alpha value is -1.29. The summed E-state index contributed by atoms with van der Waals surface area (Å²) in [6.45, 7) is 3.53. The topological polar surface area (TPSA) is 62.1 Å². The van der Waals surface area contributed by atoms with E-state index in [9.17, 15) is 4.79 Å². The zero-order chi connectivity index (χ0) is 13.0. The molecule has 1 fully saturated rings. The third-order valence-corrected chi connectivity index (χ3v) is 3.99. The molecule has 18 heavy (non-hydrogen) atoms. The van der Waals surface area contributed by atoms with Crippen LogP contribution in [0, 0.1) is 0 Å². The SMILES string of the molecule is CC1(CN)CCCN1C(=O)CCCc1ccc[nH]1. The molecule has 1 aromatic rings. The normalized spacial score (nSPS) is 23.6. The molecule has 1 unspecified atom stereocenters. The molecule has 1 aliphatic heterocycles. The summed E-state index contributed by atoms with van der Waals surface area (Å²) in [5.41, 5.74) is 6.90. The van der Waals surface area contributed by atoms with Crippen molar-refractivity contribution in [3.63, 3.8) is 0 Å². The number of likely N-dealkylation sites (tertiary alicyclic amines) is 1. The van der Waals surface area contributed by atoms with Crippen LogP contribution in [0.5, 0.6) is 0 Å². The first-order chi connectivity index (χ1) is 8.65. The number of aromatic nitrogens is 1. The predicted octanol–water partition coefficient (Wildman–Crippen LogP) is 1.68. The lowest BCUT2D eigenvalue weighted by Crippen LogP contribution is -2.49. The number of nitrogens with one attached hydrogen (secondary N) is 1. The number of aryl methyl sites for hydroxylation is 1. The highest BCUT2D eigenvalue weighted by Gasteiger charge is 2.37. The number of H-pyrrole nitrogens is 1. The fourth-order valence-electron chi connectivity index (χ4n) is 2.75. The Balaban J connectivity index is 1.81. The van der Waals surface area contributed by atoms with Crippen molar-refractivity contribution in [2.45, 2.75) is 44.6 Å². The largest absolute Gasteiger partial charge is 0.365 e. The molecule has 1 aliphatic rings. The van der Waals surface area contributed by atoms with Crippen LogP contribution in [0.4, 0.5) is 0 Å². The molecule has 0 saturated carbocycles. The van der Waals surface area contributed by atoms with Crippen molar-refractivity contribution < 1.29 is 4.79 Å². The van der Waals surface area contributed by atoms with E-state index in [0.717, 1.165) is 32.2 Å². The minimum absolute atomic E-state index is 0.108. The number of amides is 1. The lowest BCUT2D eigenvalue weighted by molar-refractivity contribution is -0.134. The van der Waals surface area contributed by atoms with Gasteiger partial charge in [-0.05, 0) is 44.7 Å². The standard InChI is InChI=1S/C14H23N3O/c1-14(11-15)8-4-10-17(14)13(18)7-2-5-12-6-3-9-16-12/h3,6,9,16H,2,4-5,7-8,10-11,15H2,1H3. The lowest BCUT2D eigenvalue weighted by Gasteiger charge is -2.34. The molecule has 2 rings (SSSR count). The maximum atomic E-state index is 12.2. The molecule has 3 N–H and O–H groups in total. The Morgan fingerprint density at radius 3 is 3.11 bits per heavy atom. The van der Waals surface area contributed by atoms with Gasteiger partial charge in [-0.15, -0.1) is 0 Å². The van der Waals surface area contributed by atoms with Gasteiger partial charge in [-0.25, -0.2) is 0 Å². The van der Waals surface area contributed by atoms with Gasteiger partial charge in [0.15, 0.2) is 0 Å². The van der Waals surface area contributed by atoms with E-state index in [1.807, 2.05) is 17.2 Å². The summed E-state index contributed by atoms with van der Waals surface area (Å²) in [4.78, 5) is 17.4. The zero-order valence-electron chi connectivity index (χ0n) is 11.1. The molecule has 1 atom stereocenters. The van der Waals surface area contributed by atoms with E-state index in [1.54, 1.807) is 0 Å². The smallest absolute Gasteiger partial charge is 0.223 e. The summed E-state index contributed by atoms with van der Waals surface area (Å²) >= 11 is 0. The van der Waals surface area contributed by atoms with E-state index in [1.165, 1.54) is 5.69 Å². The number of carbonyl (C=O) groups excluding carboxylic acids is 1. The summed E-state index contributed by atoms with van der Waals surface area (Å²) in [7, 11) is 0. The summed E-state index contributed by atoms with van der Waals surface area (Å²) < 4.78 is 0. The summed E-state index contributed by atoms with van der Waals surface area (Å²) in [6.07, 6.45) is 6.49. The first-order valence-electron chi connectivity index (χ1n) is 6.78. The quantitative estimate of drug-likeness (QED) is 0.834. The highest BCUT2D eigenvalue weighted by atomic mass is 16.2. The van der Waals surface area contributed by atoms with Gasteiger partial charge in [0.05, 0.1) is 5.54 Å². The first kappa shape index (κ1) is 13.1. The second-order valence-electron chi connectivity index (χ2n) is 5.40. The number of hydrogen-bond acceptors (Lipinski definition) is 2. The van der Waals surface area contributed by atoms with E-state index in [2.05, 4.69) is 18.0 Å². The van der Waals surface area contributed by atoms with Crippen LogP contribution in [-0.2, 0) is 11.2 Å². The fraction of sp³-hybridized carbons (Fsp3) is 0.643. The van der Waals surface area contributed by atoms with Crippen molar-refractivity contribution in [1.29, 1.82) is 0 Å². The van der Waals surface area contributed by atoms with E-state index in [0.29, 0.717) is 13.0 Å². The molecule has 100 valence electrons. The molecular formula is C14H23N3O. The third kappa shape index (κ3) is 2.75. The average molecular weight is 249 g/mol. The molecular weight excluding hydrogens is 226 g/mol. The van der Waals surface area contributed by atoms with E-state index >= 15 is 0 Å². The zero-order valence-corrected chi connectivity index (χ0v) is 11.1. The van der Waals surface area contributed by atoms with Crippen LogP contribution >= 0.6 is 0 Å². The van der Waals surface area contributed by atoms with Crippen molar-refractivity contribution in [2.75, 3.05) is 13.1 Å². The minimum Gasteiger partial charge on any atom is -0.365 e. The van der Waals surface area contributed by atoms with Gasteiger partial charge in [-0.1, -0.05) is 0 Å². The van der Waals surface area contributed by atoms with Crippen LogP contribution < -0.4 is 5.73 Å². The molecule has 4 heteroatoms. The maximum Gasteiger partial charge on any atom is 0.223 e. The average Bonchev–Trinajstić information content (AvgIpc) is 2.99. The number of hydrogen-bond donors (Lipinski definition) is 2. The summed E-state index contributed by atoms with van der Waals surface area (Å²) in [5.74, 6) is 0.256. The lowest BCUT2D eigenvalue weighted by atomic mass is 9.99. The Morgan fingerprint density at radius 2 is 2.44 bits per heavy atom. The van der Waals surface area contributed by atoms with Crippen LogP contribution in [0.2, 0.25) is 0 Å². The van der Waals surface area contributed by atoms with Crippen molar-refractivity contribution in [3.05, 3.63) is 24.0 Å². The highest BCUT2D eigenvalue weighted by molar-refractivity contribution is 5.77. The Morgan fingerprint density at radius 1 is 1.61 bits per heavy atom. The second-order valence-corrected chi connectivity index (χ2v) is 5.40. The van der Waals surface area contributed by atoms with Crippen molar-refractivity contribution >= 4 is 5.91 Å². The van der Waals surface area contributed by atoms with Crippen LogP contribution in [-0.4, -0.2) is 34.4 Å². The molecule has 1 saturated heterocycles. The van der Waals surface area contributed by atoms with Crippen LogP contribution in [0.1, 0.15) is 38.3 Å². The first-order valence-corrected chi connectivity index (χ1v) is 6.78. The molecule has 1 aromatic heterocycles. The monoisotopic (exact) mass is 249 g/mol. The number of aromatic amines is 1. The molecule has 0 spiro atoms. The van der Waals surface area contributed by atoms with Crippen molar-refractivity contribution in [2.24, 2.45) is 5.73 Å². The molecule has 0 bridgehead atoms. The van der Waals surface area contributed by atoms with E-state index in [-0.39, 0.29) is 11.4 Å². The van der Waals surface area contributed by atoms with E-state index < -0.39 is 0 Å². The number of carbonyl (C=O) groups is 1. The number of nitrogens with two attached hydrogens (primary N) is 1. The summed E-state index contributed by atoms with van der Waals surface area (Å²) in [5, 5.41) is 0. The number of nitrogens with zero attached hydrogens (tertiary/aromatic N) is 1. The molecule has 2 heterocycles. The molecule has 0 aliphatic carbocycles. The van der Waals surface area contributed by atoms with Gasteiger partial charge in [-0.3, -0.25) is 4.79 Å². The Labute approximate surface area is 109 Å². The third-order valence-electron chi connectivity index (χ3n) is 3.99. The highest BCUT2D eigenvalue weighted by Crippen LogP contribution is 2.28. The van der Waals surface area contributed by atoms with Crippen LogP contribution in [0.25, 0.3) is 0 Å². The summed E-state index contributed by atoms with van der Waals surface area (Å²) in [6, 6.07) is 4.05. The number of rotatable bonds is 5. The fourth-order valence-corrected chi connectivity index (χ4v) is 2.75. The van der Waals surface area contributed by atoms with Crippen molar-refractivity contribution in [3.8, 4) is 0 Å². The van der Waals surface area contributed by atoms with Gasteiger partial charge in [0.2, 0.25) is 5.91 Å². The minimum atomic E-state index is -0.108. The van der Waals surface area contributed by atoms with Crippen molar-refractivity contribution in [1.82, 2.24) is 9.88 Å². The molecule has 1 amide bonds. The van der Waals surface area contributed by atoms with Gasteiger partial charge in [0, 0.05) is 31.4 Å². The van der Waals surface area contributed by atoms with Crippen LogP contribution in [0.3, 0.4) is 0 Å². The predicted molar refractivity (Wildman–Crippen MR) is 72.1 cm³/mol. The maximum absolute atomic E-state index is 12.2. The van der Waals surface area contributed by atoms with E-state index in [4.69, 9.17) is 5.73 Å². The van der Waals surface area contributed by atoms with Gasteiger partial charge in [-0.2, -0.15) is 0 Å². The van der Waals surface area contributed by atoms with Gasteiger partial charge in [0.1, 0.15) is 0 Å². The molecule has 0 radical (unpaired) electrons. The second kappa shape index (κ2) is 5.57. The Kier molecular flexibility index (Phi) is 4.07. The molecule has 0 aromatic carbocycles. The Bertz CT molecular complexity index is 388. The van der Waals surface area contributed by atoms with Gasteiger partial charge >= 0.3 is 0 Å². The molecule has 4 nitrogen and oxygen atoms in total. The van der Waals surface area contributed by atoms with Gasteiger partial charge in [0.25, 0.3) is 0 Å². The van der Waals surface area contributed by atoms with Crippen LogP contribution in [0.15, 0.2) is 18.3 Å².